The largest absolute Gasteiger partial charge is 0.471 e. The first kappa shape index (κ1) is 15.1. The molecule has 1 N–H and O–H groups in total. The third kappa shape index (κ3) is 3.33. The molecule has 1 amide bonds. The maximum Gasteiger partial charge on any atom is 0.471 e. The quantitative estimate of drug-likeness (QED) is 0.802. The third-order valence-corrected chi connectivity index (χ3v) is 3.35. The van der Waals surface area contributed by atoms with Crippen molar-refractivity contribution in [2.75, 3.05) is 5.32 Å². The second-order valence-electron chi connectivity index (χ2n) is 4.99. The van der Waals surface area contributed by atoms with Gasteiger partial charge in [0, 0.05) is 12.3 Å². The highest BCUT2D eigenvalue weighted by molar-refractivity contribution is 5.94. The van der Waals surface area contributed by atoms with Gasteiger partial charge in [-0.3, -0.25) is 9.48 Å². The van der Waals surface area contributed by atoms with E-state index in [0.717, 1.165) is 16.3 Å². The fourth-order valence-electron chi connectivity index (χ4n) is 2.31. The van der Waals surface area contributed by atoms with Crippen LogP contribution in [0.1, 0.15) is 5.56 Å². The minimum absolute atomic E-state index is 0.132. The molecule has 0 saturated heterocycles. The number of carbonyl (C=O) groups is 1. The molecule has 0 atom stereocenters. The summed E-state index contributed by atoms with van der Waals surface area (Å²) in [7, 11) is 0. The summed E-state index contributed by atoms with van der Waals surface area (Å²) in [6, 6.07) is 15.0. The number of hydrogen-bond acceptors (Lipinski definition) is 2. The predicted molar refractivity (Wildman–Crippen MR) is 80.0 cm³/mol. The van der Waals surface area contributed by atoms with Crippen LogP contribution < -0.4 is 5.32 Å². The molecule has 3 rings (SSSR count). The Morgan fingerprint density at radius 3 is 2.61 bits per heavy atom. The lowest BCUT2D eigenvalue weighted by atomic mass is 10.0. The van der Waals surface area contributed by atoms with E-state index in [4.69, 9.17) is 0 Å². The van der Waals surface area contributed by atoms with Crippen LogP contribution in [-0.4, -0.2) is 21.9 Å². The maximum atomic E-state index is 12.2. The molecule has 1 heterocycles. The van der Waals surface area contributed by atoms with Crippen LogP contribution in [0.4, 0.5) is 19.0 Å². The average molecular weight is 319 g/mol. The van der Waals surface area contributed by atoms with E-state index in [9.17, 15) is 18.0 Å². The standard InChI is InChI=1S/C16H12F3N3O/c17-16(18,19)15(23)20-14-8-9-22(21-14)10-12-6-3-5-11-4-1-2-7-13(11)12/h1-9H,10H2,(H,20,21,23). The van der Waals surface area contributed by atoms with Crippen LogP contribution in [0.2, 0.25) is 0 Å². The van der Waals surface area contributed by atoms with Crippen LogP contribution >= 0.6 is 0 Å². The number of fused-ring (bicyclic) bond motifs is 1. The van der Waals surface area contributed by atoms with Crippen LogP contribution in [0.3, 0.4) is 0 Å². The van der Waals surface area contributed by atoms with Crippen LogP contribution in [0.15, 0.2) is 54.7 Å². The zero-order valence-corrected chi connectivity index (χ0v) is 11.8. The molecular formula is C16H12F3N3O. The molecule has 23 heavy (non-hydrogen) atoms. The molecule has 0 spiro atoms. The van der Waals surface area contributed by atoms with Gasteiger partial charge in [0.1, 0.15) is 0 Å². The van der Waals surface area contributed by atoms with E-state index >= 15 is 0 Å². The molecule has 0 unspecified atom stereocenters. The van der Waals surface area contributed by atoms with Crippen molar-refractivity contribution in [1.29, 1.82) is 0 Å². The van der Waals surface area contributed by atoms with E-state index in [1.807, 2.05) is 42.5 Å². The highest BCUT2D eigenvalue weighted by Crippen LogP contribution is 2.20. The van der Waals surface area contributed by atoms with Crippen LogP contribution in [0.25, 0.3) is 10.8 Å². The van der Waals surface area contributed by atoms with E-state index in [0.29, 0.717) is 6.54 Å². The number of carbonyl (C=O) groups excluding carboxylic acids is 1. The van der Waals surface area contributed by atoms with Gasteiger partial charge in [-0.1, -0.05) is 42.5 Å². The van der Waals surface area contributed by atoms with E-state index in [1.165, 1.54) is 16.9 Å². The zero-order chi connectivity index (χ0) is 16.4. The molecule has 0 aliphatic carbocycles. The Morgan fingerprint density at radius 1 is 1.09 bits per heavy atom. The van der Waals surface area contributed by atoms with Gasteiger partial charge < -0.3 is 5.32 Å². The Kier molecular flexibility index (Phi) is 3.77. The van der Waals surface area contributed by atoms with Crippen molar-refractivity contribution in [3.8, 4) is 0 Å². The predicted octanol–water partition coefficient (Wildman–Crippen LogP) is 3.59. The smallest absolute Gasteiger partial charge is 0.301 e. The van der Waals surface area contributed by atoms with Crippen molar-refractivity contribution in [2.45, 2.75) is 12.7 Å². The number of halogens is 3. The molecule has 2 aromatic carbocycles. The summed E-state index contributed by atoms with van der Waals surface area (Å²) < 4.78 is 38.1. The van der Waals surface area contributed by atoms with Crippen molar-refractivity contribution in [3.05, 3.63) is 60.3 Å². The fraction of sp³-hybridized carbons (Fsp3) is 0.125. The number of aromatic nitrogens is 2. The monoisotopic (exact) mass is 319 g/mol. The average Bonchev–Trinajstić information content (AvgIpc) is 2.94. The lowest BCUT2D eigenvalue weighted by molar-refractivity contribution is -0.167. The summed E-state index contributed by atoms with van der Waals surface area (Å²) in [5.74, 6) is -2.17. The van der Waals surface area contributed by atoms with Crippen molar-refractivity contribution in [2.24, 2.45) is 0 Å². The Labute approximate surface area is 129 Å². The van der Waals surface area contributed by atoms with Gasteiger partial charge in [-0.2, -0.15) is 18.3 Å². The topological polar surface area (TPSA) is 46.9 Å². The second-order valence-corrected chi connectivity index (χ2v) is 4.99. The Bertz CT molecular complexity index is 850. The van der Waals surface area contributed by atoms with Crippen LogP contribution in [0, 0.1) is 0 Å². The lowest BCUT2D eigenvalue weighted by Crippen LogP contribution is -2.30. The number of alkyl halides is 3. The summed E-state index contributed by atoms with van der Waals surface area (Å²) in [5, 5.41) is 7.80. The normalized spacial score (nSPS) is 11.6. The first-order valence-corrected chi connectivity index (χ1v) is 6.82. The first-order valence-electron chi connectivity index (χ1n) is 6.82. The van der Waals surface area contributed by atoms with Crippen molar-refractivity contribution in [3.63, 3.8) is 0 Å². The minimum atomic E-state index is -4.93. The number of nitrogens with zero attached hydrogens (tertiary/aromatic N) is 2. The van der Waals surface area contributed by atoms with Gasteiger partial charge >= 0.3 is 12.1 Å². The summed E-state index contributed by atoms with van der Waals surface area (Å²) in [5.41, 5.74) is 0.986. The van der Waals surface area contributed by atoms with Crippen molar-refractivity contribution < 1.29 is 18.0 Å². The van der Waals surface area contributed by atoms with Gasteiger partial charge in [0.25, 0.3) is 0 Å². The molecule has 0 saturated carbocycles. The molecule has 3 aromatic rings. The number of hydrogen-bond donors (Lipinski definition) is 1. The van der Waals surface area contributed by atoms with E-state index < -0.39 is 12.1 Å². The molecule has 0 aliphatic rings. The van der Waals surface area contributed by atoms with Gasteiger partial charge in [0.05, 0.1) is 6.54 Å². The van der Waals surface area contributed by atoms with E-state index in [2.05, 4.69) is 5.10 Å². The number of rotatable bonds is 3. The van der Waals surface area contributed by atoms with Gasteiger partial charge in [-0.05, 0) is 16.3 Å². The van der Waals surface area contributed by atoms with Gasteiger partial charge in [-0.15, -0.1) is 0 Å². The molecule has 7 heteroatoms. The van der Waals surface area contributed by atoms with Crippen LogP contribution in [-0.2, 0) is 11.3 Å². The number of benzene rings is 2. The SMILES string of the molecule is O=C(Nc1ccn(Cc2cccc3ccccc23)n1)C(F)(F)F. The second kappa shape index (κ2) is 5.75. The third-order valence-electron chi connectivity index (χ3n) is 3.35. The Balaban J connectivity index is 1.80. The van der Waals surface area contributed by atoms with Gasteiger partial charge in [0.15, 0.2) is 5.82 Å². The zero-order valence-electron chi connectivity index (χ0n) is 11.8. The Hall–Kier alpha value is -2.83. The number of amides is 1. The Morgan fingerprint density at radius 2 is 1.83 bits per heavy atom. The molecule has 4 nitrogen and oxygen atoms in total. The van der Waals surface area contributed by atoms with E-state index in [-0.39, 0.29) is 5.82 Å². The molecule has 0 fully saturated rings. The van der Waals surface area contributed by atoms with Gasteiger partial charge in [0.2, 0.25) is 0 Å². The maximum absolute atomic E-state index is 12.2. The van der Waals surface area contributed by atoms with Crippen LogP contribution in [0.5, 0.6) is 0 Å². The summed E-state index contributed by atoms with van der Waals surface area (Å²) >= 11 is 0. The fourth-order valence-corrected chi connectivity index (χ4v) is 2.31. The molecule has 0 aliphatic heterocycles. The summed E-state index contributed by atoms with van der Waals surface area (Å²) in [6.45, 7) is 0.392. The number of anilines is 1. The first-order chi connectivity index (χ1) is 10.9. The molecule has 0 radical (unpaired) electrons. The minimum Gasteiger partial charge on any atom is -0.301 e. The molecule has 0 bridgehead atoms. The lowest BCUT2D eigenvalue weighted by Gasteiger charge is -2.07. The van der Waals surface area contributed by atoms with Crippen molar-refractivity contribution >= 4 is 22.5 Å². The number of nitrogens with one attached hydrogen (secondary N) is 1. The highest BCUT2D eigenvalue weighted by atomic mass is 19.4. The summed E-state index contributed by atoms with van der Waals surface area (Å²) in [6.07, 6.45) is -3.41. The van der Waals surface area contributed by atoms with E-state index in [1.54, 1.807) is 5.32 Å². The summed E-state index contributed by atoms with van der Waals surface area (Å²) in [4.78, 5) is 10.9. The molecule has 118 valence electrons. The van der Waals surface area contributed by atoms with Gasteiger partial charge in [-0.25, -0.2) is 0 Å². The highest BCUT2D eigenvalue weighted by Gasteiger charge is 2.39. The molecular weight excluding hydrogens is 307 g/mol. The van der Waals surface area contributed by atoms with Crippen molar-refractivity contribution in [1.82, 2.24) is 9.78 Å². The molecule has 1 aromatic heterocycles.